The molecule has 1 amide bonds. The molecule has 4 rings (SSSR count). The Labute approximate surface area is 200 Å². The number of para-hydroxylation sites is 1. The van der Waals surface area contributed by atoms with Crippen molar-refractivity contribution in [3.05, 3.63) is 76.6 Å². The van der Waals surface area contributed by atoms with Gasteiger partial charge in [0.2, 0.25) is 5.91 Å². The fraction of sp³-hybridized carbons (Fsp3) is 0.240. The molecule has 0 aliphatic carbocycles. The molecule has 0 spiro atoms. The van der Waals surface area contributed by atoms with E-state index in [2.05, 4.69) is 5.32 Å². The largest absolute Gasteiger partial charge is 0.385 e. The highest BCUT2D eigenvalue weighted by molar-refractivity contribution is 7.99. The van der Waals surface area contributed by atoms with Gasteiger partial charge in [0.25, 0.3) is 5.56 Å². The van der Waals surface area contributed by atoms with Crippen molar-refractivity contribution in [3.8, 4) is 16.1 Å². The number of rotatable bonds is 9. The van der Waals surface area contributed by atoms with Crippen molar-refractivity contribution >= 4 is 39.2 Å². The van der Waals surface area contributed by atoms with E-state index in [1.54, 1.807) is 11.7 Å². The van der Waals surface area contributed by atoms with E-state index in [1.807, 2.05) is 67.6 Å². The molecule has 0 saturated carbocycles. The number of aromatic nitrogens is 2. The Balaban J connectivity index is 1.72. The van der Waals surface area contributed by atoms with Gasteiger partial charge in [0, 0.05) is 25.1 Å². The number of nitrogens with zero attached hydrogens (tertiary/aromatic N) is 2. The summed E-state index contributed by atoms with van der Waals surface area (Å²) in [5, 5.41) is 3.97. The summed E-state index contributed by atoms with van der Waals surface area (Å²) < 4.78 is 6.64. The van der Waals surface area contributed by atoms with E-state index in [0.29, 0.717) is 28.5 Å². The maximum atomic E-state index is 13.6. The molecule has 0 aliphatic rings. The lowest BCUT2D eigenvalue weighted by molar-refractivity contribution is -0.118. The molecule has 170 valence electrons. The first-order valence-corrected chi connectivity index (χ1v) is 12.4. The zero-order valence-electron chi connectivity index (χ0n) is 18.5. The van der Waals surface area contributed by atoms with E-state index < -0.39 is 0 Å². The number of ether oxygens (including phenoxy) is 1. The molecule has 0 aliphatic heterocycles. The third-order valence-electron chi connectivity index (χ3n) is 5.13. The van der Waals surface area contributed by atoms with E-state index in [-0.39, 0.29) is 17.2 Å². The van der Waals surface area contributed by atoms with Gasteiger partial charge in [0.05, 0.1) is 16.8 Å². The molecule has 0 atom stereocenters. The van der Waals surface area contributed by atoms with Crippen LogP contribution in [0.2, 0.25) is 0 Å². The van der Waals surface area contributed by atoms with Crippen molar-refractivity contribution in [2.75, 3.05) is 26.0 Å². The average molecular weight is 480 g/mol. The maximum absolute atomic E-state index is 13.6. The number of carbonyl (C=O) groups excluding carboxylic acids is 1. The van der Waals surface area contributed by atoms with Crippen molar-refractivity contribution in [2.24, 2.45) is 0 Å². The summed E-state index contributed by atoms with van der Waals surface area (Å²) in [5.74, 6) is 0.0752. The minimum Gasteiger partial charge on any atom is -0.385 e. The Morgan fingerprint density at radius 2 is 1.91 bits per heavy atom. The van der Waals surface area contributed by atoms with Crippen LogP contribution in [-0.2, 0) is 9.53 Å². The number of benzene rings is 2. The average Bonchev–Trinajstić information content (AvgIpc) is 3.27. The molecule has 0 radical (unpaired) electrons. The number of hydrogen-bond donors (Lipinski definition) is 1. The van der Waals surface area contributed by atoms with Gasteiger partial charge in [-0.05, 0) is 36.6 Å². The van der Waals surface area contributed by atoms with Crippen molar-refractivity contribution in [2.45, 2.75) is 18.5 Å². The fourth-order valence-corrected chi connectivity index (χ4v) is 5.37. The Morgan fingerprint density at radius 1 is 1.15 bits per heavy atom. The van der Waals surface area contributed by atoms with Gasteiger partial charge in [-0.25, -0.2) is 4.98 Å². The summed E-state index contributed by atoms with van der Waals surface area (Å²) in [6, 6.07) is 19.6. The minimum absolute atomic E-state index is 0.0991. The van der Waals surface area contributed by atoms with Crippen LogP contribution in [0.15, 0.2) is 70.6 Å². The number of thioether (sulfide) groups is 1. The van der Waals surface area contributed by atoms with Crippen LogP contribution in [0.1, 0.15) is 12.0 Å². The minimum atomic E-state index is -0.129. The van der Waals surface area contributed by atoms with E-state index in [9.17, 15) is 9.59 Å². The molecule has 8 heteroatoms. The number of methoxy groups -OCH3 is 1. The second-order valence-electron chi connectivity index (χ2n) is 7.50. The van der Waals surface area contributed by atoms with Gasteiger partial charge in [-0.1, -0.05) is 60.3 Å². The van der Waals surface area contributed by atoms with E-state index in [1.165, 1.54) is 23.1 Å². The Bertz CT molecular complexity index is 1320. The quantitative estimate of drug-likeness (QED) is 0.215. The van der Waals surface area contributed by atoms with Gasteiger partial charge in [0.1, 0.15) is 4.83 Å². The number of amides is 1. The molecule has 1 N–H and O–H groups in total. The lowest BCUT2D eigenvalue weighted by Gasteiger charge is -2.14. The predicted octanol–water partition coefficient (Wildman–Crippen LogP) is 4.67. The zero-order valence-corrected chi connectivity index (χ0v) is 20.2. The summed E-state index contributed by atoms with van der Waals surface area (Å²) in [5.41, 5.74) is 2.65. The van der Waals surface area contributed by atoms with Crippen LogP contribution in [-0.4, -0.2) is 41.5 Å². The summed E-state index contributed by atoms with van der Waals surface area (Å²) in [7, 11) is 1.64. The molecular formula is C25H25N3O3S2. The Kier molecular flexibility index (Phi) is 7.59. The number of carbonyl (C=O) groups is 1. The van der Waals surface area contributed by atoms with Crippen LogP contribution >= 0.6 is 23.1 Å². The lowest BCUT2D eigenvalue weighted by Crippen LogP contribution is -2.28. The van der Waals surface area contributed by atoms with Crippen molar-refractivity contribution in [1.82, 2.24) is 14.9 Å². The monoisotopic (exact) mass is 479 g/mol. The highest BCUT2D eigenvalue weighted by atomic mass is 32.2. The van der Waals surface area contributed by atoms with E-state index in [4.69, 9.17) is 9.72 Å². The van der Waals surface area contributed by atoms with Crippen molar-refractivity contribution in [3.63, 3.8) is 0 Å². The van der Waals surface area contributed by atoms with Crippen molar-refractivity contribution < 1.29 is 9.53 Å². The molecule has 33 heavy (non-hydrogen) atoms. The molecule has 2 aromatic carbocycles. The van der Waals surface area contributed by atoms with Gasteiger partial charge >= 0.3 is 0 Å². The first-order valence-electron chi connectivity index (χ1n) is 10.6. The predicted molar refractivity (Wildman–Crippen MR) is 136 cm³/mol. The molecule has 2 aromatic heterocycles. The normalized spacial score (nSPS) is 11.1. The van der Waals surface area contributed by atoms with E-state index in [0.717, 1.165) is 28.1 Å². The van der Waals surface area contributed by atoms with Crippen LogP contribution in [0, 0.1) is 6.92 Å². The number of aryl methyl sites for hydroxylation is 1. The third-order valence-corrected chi connectivity index (χ3v) is 7.15. The standard InChI is InChI=1S/C25H25N3O3S2/c1-17-9-6-7-12-20(17)28-24(30)19-15-21(18-10-4-3-5-11-18)33-23(19)27-25(28)32-16-22(29)26-13-8-14-31-2/h3-7,9-12,15H,8,13-14,16H2,1-2H3,(H,26,29). The topological polar surface area (TPSA) is 73.2 Å². The summed E-state index contributed by atoms with van der Waals surface area (Å²) in [6.45, 7) is 3.11. The first kappa shape index (κ1) is 23.2. The molecule has 2 heterocycles. The highest BCUT2D eigenvalue weighted by Crippen LogP contribution is 2.33. The summed E-state index contributed by atoms with van der Waals surface area (Å²) in [6.07, 6.45) is 0.752. The van der Waals surface area contributed by atoms with Crippen LogP contribution in [0.3, 0.4) is 0 Å². The molecular weight excluding hydrogens is 454 g/mol. The number of nitrogens with one attached hydrogen (secondary N) is 1. The number of thiophene rings is 1. The second-order valence-corrected chi connectivity index (χ2v) is 9.48. The lowest BCUT2D eigenvalue weighted by atomic mass is 10.2. The fourth-order valence-electron chi connectivity index (χ4n) is 3.46. The smallest absolute Gasteiger partial charge is 0.267 e. The molecule has 0 fully saturated rings. The molecule has 0 bridgehead atoms. The van der Waals surface area contributed by atoms with Gasteiger partial charge in [0.15, 0.2) is 5.16 Å². The van der Waals surface area contributed by atoms with Crippen LogP contribution in [0.5, 0.6) is 0 Å². The van der Waals surface area contributed by atoms with Gasteiger partial charge in [-0.3, -0.25) is 14.2 Å². The Hall–Kier alpha value is -2.94. The number of hydrogen-bond acceptors (Lipinski definition) is 6. The van der Waals surface area contributed by atoms with Crippen LogP contribution in [0.25, 0.3) is 26.3 Å². The Morgan fingerprint density at radius 3 is 2.67 bits per heavy atom. The third kappa shape index (κ3) is 5.35. The number of fused-ring (bicyclic) bond motifs is 1. The maximum Gasteiger partial charge on any atom is 0.267 e. The van der Waals surface area contributed by atoms with E-state index >= 15 is 0 Å². The zero-order chi connectivity index (χ0) is 23.2. The van der Waals surface area contributed by atoms with Crippen molar-refractivity contribution in [1.29, 1.82) is 0 Å². The highest BCUT2D eigenvalue weighted by Gasteiger charge is 2.18. The molecule has 0 saturated heterocycles. The summed E-state index contributed by atoms with van der Waals surface area (Å²) >= 11 is 2.76. The second kappa shape index (κ2) is 10.8. The SMILES string of the molecule is COCCCNC(=O)CSc1nc2sc(-c3ccccc3)cc2c(=O)n1-c1ccccc1C. The molecule has 0 unspecified atom stereocenters. The first-order chi connectivity index (χ1) is 16.1. The van der Waals surface area contributed by atoms with Gasteiger partial charge < -0.3 is 10.1 Å². The van der Waals surface area contributed by atoms with Gasteiger partial charge in [-0.2, -0.15) is 0 Å². The summed E-state index contributed by atoms with van der Waals surface area (Å²) in [4.78, 5) is 32.5. The van der Waals surface area contributed by atoms with Gasteiger partial charge in [-0.15, -0.1) is 11.3 Å². The van der Waals surface area contributed by atoms with Crippen LogP contribution < -0.4 is 10.9 Å². The molecule has 6 nitrogen and oxygen atoms in total. The van der Waals surface area contributed by atoms with Crippen LogP contribution in [0.4, 0.5) is 0 Å². The molecule has 4 aromatic rings.